The van der Waals surface area contributed by atoms with E-state index < -0.39 is 11.9 Å². The number of methoxy groups -OCH3 is 4. The lowest BCUT2D eigenvalue weighted by Gasteiger charge is -2.14. The van der Waals surface area contributed by atoms with Crippen LogP contribution in [-0.4, -0.2) is 45.5 Å². The van der Waals surface area contributed by atoms with Crippen LogP contribution in [0.3, 0.4) is 0 Å². The van der Waals surface area contributed by atoms with Crippen molar-refractivity contribution in [2.75, 3.05) is 28.4 Å². The summed E-state index contributed by atoms with van der Waals surface area (Å²) in [7, 11) is 5.92. The number of carboxylic acids is 1. The molecule has 0 spiro atoms. The van der Waals surface area contributed by atoms with Crippen LogP contribution >= 0.6 is 0 Å². The van der Waals surface area contributed by atoms with Crippen LogP contribution < -0.4 is 18.9 Å². The highest BCUT2D eigenvalue weighted by molar-refractivity contribution is 5.96. The second kappa shape index (κ2) is 14.8. The van der Waals surface area contributed by atoms with Gasteiger partial charge in [-0.1, -0.05) is 72.8 Å². The Hall–Kier alpha value is -4.98. The third kappa shape index (κ3) is 7.54. The average molecular weight is 545 g/mol. The largest absolute Gasteiger partial charge is 0.496 e. The molecule has 0 bridgehead atoms. The molecular formula is C32H32O8. The van der Waals surface area contributed by atoms with Gasteiger partial charge >= 0.3 is 11.9 Å². The standard InChI is InChI=1S/2C16H16O4/c1-18-13-9-6-10-14(19-2)15(13)16(17)20-11-12-7-4-3-5-8-12;1-19-13-9-8-12(10-11-6-4-3-5-7-11)15(20-2)14(13)16(17)18/h3-10H,11H2,1-2H3;3-9H,10H2,1-2H3,(H,17,18). The topological polar surface area (TPSA) is 101 Å². The number of hydrogen-bond acceptors (Lipinski definition) is 7. The van der Waals surface area contributed by atoms with Gasteiger partial charge < -0.3 is 28.8 Å². The molecule has 0 aromatic heterocycles. The third-order valence-corrected chi connectivity index (χ3v) is 5.92. The molecule has 0 radical (unpaired) electrons. The maximum Gasteiger partial charge on any atom is 0.346 e. The Labute approximate surface area is 233 Å². The van der Waals surface area contributed by atoms with E-state index in [1.165, 1.54) is 28.4 Å². The van der Waals surface area contributed by atoms with Gasteiger partial charge in [0.15, 0.2) is 0 Å². The van der Waals surface area contributed by atoms with E-state index in [9.17, 15) is 14.7 Å². The second-order valence-electron chi connectivity index (χ2n) is 8.40. The van der Waals surface area contributed by atoms with Crippen LogP contribution in [0.15, 0.2) is 91.0 Å². The Morgan fingerprint density at radius 1 is 0.600 bits per heavy atom. The Kier molecular flexibility index (Phi) is 11.0. The van der Waals surface area contributed by atoms with Gasteiger partial charge in [0.1, 0.15) is 40.7 Å². The summed E-state index contributed by atoms with van der Waals surface area (Å²) in [5, 5.41) is 9.34. The maximum absolute atomic E-state index is 12.2. The van der Waals surface area contributed by atoms with E-state index >= 15 is 0 Å². The van der Waals surface area contributed by atoms with Crippen molar-refractivity contribution in [3.8, 4) is 23.0 Å². The number of carbonyl (C=O) groups is 2. The Bertz CT molecular complexity index is 1380. The summed E-state index contributed by atoms with van der Waals surface area (Å²) in [4.78, 5) is 23.6. The van der Waals surface area contributed by atoms with E-state index in [0.717, 1.165) is 16.7 Å². The molecule has 0 atom stereocenters. The Morgan fingerprint density at radius 2 is 1.12 bits per heavy atom. The highest BCUT2D eigenvalue weighted by Gasteiger charge is 2.21. The van der Waals surface area contributed by atoms with Crippen LogP contribution in [0.2, 0.25) is 0 Å². The highest BCUT2D eigenvalue weighted by Crippen LogP contribution is 2.33. The van der Waals surface area contributed by atoms with Crippen LogP contribution in [0.25, 0.3) is 0 Å². The van der Waals surface area contributed by atoms with Crippen molar-refractivity contribution in [1.29, 1.82) is 0 Å². The zero-order valence-corrected chi connectivity index (χ0v) is 22.9. The predicted molar refractivity (Wildman–Crippen MR) is 151 cm³/mol. The van der Waals surface area contributed by atoms with Gasteiger partial charge in [-0.15, -0.1) is 0 Å². The number of carboxylic acid groups (broad SMARTS) is 1. The first-order valence-corrected chi connectivity index (χ1v) is 12.4. The monoisotopic (exact) mass is 544 g/mol. The molecule has 0 amide bonds. The normalized spacial score (nSPS) is 10.0. The quantitative estimate of drug-likeness (QED) is 0.241. The number of hydrogen-bond donors (Lipinski definition) is 1. The number of aromatic carboxylic acids is 1. The van der Waals surface area contributed by atoms with Crippen LogP contribution in [0.5, 0.6) is 23.0 Å². The van der Waals surface area contributed by atoms with Gasteiger partial charge in [-0.3, -0.25) is 0 Å². The van der Waals surface area contributed by atoms with E-state index in [-0.39, 0.29) is 12.2 Å². The minimum absolute atomic E-state index is 0.0587. The molecule has 4 aromatic rings. The van der Waals surface area contributed by atoms with Crippen molar-refractivity contribution < 1.29 is 38.4 Å². The van der Waals surface area contributed by atoms with Crippen molar-refractivity contribution >= 4 is 11.9 Å². The first-order chi connectivity index (χ1) is 19.4. The summed E-state index contributed by atoms with van der Waals surface area (Å²) < 4.78 is 26.0. The van der Waals surface area contributed by atoms with E-state index in [2.05, 4.69) is 0 Å². The van der Waals surface area contributed by atoms with E-state index in [0.29, 0.717) is 35.0 Å². The summed E-state index contributed by atoms with van der Waals surface area (Å²) in [5.74, 6) is -0.0200. The lowest BCUT2D eigenvalue weighted by molar-refractivity contribution is 0.0464. The molecule has 4 rings (SSSR count). The summed E-state index contributed by atoms with van der Waals surface area (Å²) >= 11 is 0. The number of esters is 1. The van der Waals surface area contributed by atoms with E-state index in [1.807, 2.05) is 66.7 Å². The van der Waals surface area contributed by atoms with Crippen LogP contribution in [0.1, 0.15) is 37.4 Å². The Morgan fingerprint density at radius 3 is 1.62 bits per heavy atom. The zero-order valence-electron chi connectivity index (χ0n) is 22.9. The van der Waals surface area contributed by atoms with Crippen LogP contribution in [0.4, 0.5) is 0 Å². The Balaban J connectivity index is 0.000000220. The first kappa shape index (κ1) is 29.6. The first-order valence-electron chi connectivity index (χ1n) is 12.4. The molecule has 8 heteroatoms. The van der Waals surface area contributed by atoms with Crippen molar-refractivity contribution in [3.63, 3.8) is 0 Å². The van der Waals surface area contributed by atoms with Crippen molar-refractivity contribution in [3.05, 3.63) is 119 Å². The van der Waals surface area contributed by atoms with Crippen molar-refractivity contribution in [1.82, 2.24) is 0 Å². The highest BCUT2D eigenvalue weighted by atomic mass is 16.5. The molecule has 1 N–H and O–H groups in total. The maximum atomic E-state index is 12.2. The average Bonchev–Trinajstić information content (AvgIpc) is 3.00. The van der Waals surface area contributed by atoms with Crippen LogP contribution in [0, 0.1) is 0 Å². The van der Waals surface area contributed by atoms with Gasteiger partial charge in [-0.25, -0.2) is 9.59 Å². The summed E-state index contributed by atoms with van der Waals surface area (Å²) in [6, 6.07) is 27.9. The fourth-order valence-corrected chi connectivity index (χ4v) is 4.02. The number of ether oxygens (including phenoxy) is 5. The molecule has 0 aliphatic rings. The number of carbonyl (C=O) groups excluding carboxylic acids is 1. The minimum atomic E-state index is -1.06. The molecule has 40 heavy (non-hydrogen) atoms. The molecular weight excluding hydrogens is 512 g/mol. The molecule has 208 valence electrons. The van der Waals surface area contributed by atoms with E-state index in [4.69, 9.17) is 23.7 Å². The van der Waals surface area contributed by atoms with Gasteiger partial charge in [-0.05, 0) is 34.9 Å². The number of benzene rings is 4. The summed E-state index contributed by atoms with van der Waals surface area (Å²) in [6.45, 7) is 0.209. The predicted octanol–water partition coefficient (Wildman–Crippen LogP) is 6.05. The molecule has 4 aromatic carbocycles. The molecule has 8 nitrogen and oxygen atoms in total. The SMILES string of the molecule is COc1ccc(Cc2ccccc2)c(OC)c1C(=O)O.COc1cccc(OC)c1C(=O)OCc1ccccc1. The smallest absolute Gasteiger partial charge is 0.346 e. The summed E-state index contributed by atoms with van der Waals surface area (Å²) in [5.41, 5.74) is 3.19. The fourth-order valence-electron chi connectivity index (χ4n) is 4.02. The van der Waals surface area contributed by atoms with Crippen LogP contribution in [-0.2, 0) is 17.8 Å². The minimum Gasteiger partial charge on any atom is -0.496 e. The van der Waals surface area contributed by atoms with Crippen molar-refractivity contribution in [2.45, 2.75) is 13.0 Å². The fraction of sp³-hybridized carbons (Fsp3) is 0.188. The number of rotatable bonds is 10. The van der Waals surface area contributed by atoms with Gasteiger partial charge in [-0.2, -0.15) is 0 Å². The molecule has 0 aliphatic heterocycles. The molecule has 0 fully saturated rings. The van der Waals surface area contributed by atoms with E-state index in [1.54, 1.807) is 24.3 Å². The lowest BCUT2D eigenvalue weighted by Crippen LogP contribution is -2.09. The van der Waals surface area contributed by atoms with Gasteiger partial charge in [0, 0.05) is 6.42 Å². The van der Waals surface area contributed by atoms with Gasteiger partial charge in [0.25, 0.3) is 0 Å². The third-order valence-electron chi connectivity index (χ3n) is 5.92. The molecule has 0 aliphatic carbocycles. The molecule has 0 saturated heterocycles. The zero-order chi connectivity index (χ0) is 28.9. The van der Waals surface area contributed by atoms with Crippen molar-refractivity contribution in [2.24, 2.45) is 0 Å². The van der Waals surface area contributed by atoms with Gasteiger partial charge in [0.05, 0.1) is 28.4 Å². The van der Waals surface area contributed by atoms with Gasteiger partial charge in [0.2, 0.25) is 0 Å². The molecule has 0 saturated carbocycles. The molecule has 0 heterocycles. The summed E-state index contributed by atoms with van der Waals surface area (Å²) in [6.07, 6.45) is 0.605. The molecule has 0 unspecified atom stereocenters. The second-order valence-corrected chi connectivity index (χ2v) is 8.40. The lowest BCUT2D eigenvalue weighted by atomic mass is 10.0.